The van der Waals surface area contributed by atoms with Gasteiger partial charge >= 0.3 is 0 Å². The van der Waals surface area contributed by atoms with Crippen molar-refractivity contribution in [2.45, 2.75) is 13.0 Å². The Morgan fingerprint density at radius 3 is 1.80 bits per heavy atom. The second-order valence-electron chi connectivity index (χ2n) is 1.61. The third-order valence-electron chi connectivity index (χ3n) is 0.692. The van der Waals surface area contributed by atoms with Crippen LogP contribution < -0.4 is 0 Å². The summed E-state index contributed by atoms with van der Waals surface area (Å²) in [6, 6.07) is 0. The van der Waals surface area contributed by atoms with Crippen molar-refractivity contribution in [3.63, 3.8) is 0 Å². The van der Waals surface area contributed by atoms with Crippen LogP contribution in [0.3, 0.4) is 0 Å². The Morgan fingerprint density at radius 2 is 1.80 bits per heavy atom. The van der Waals surface area contributed by atoms with E-state index in [9.17, 15) is 0 Å². The lowest BCUT2D eigenvalue weighted by Gasteiger charge is -1.76. The van der Waals surface area contributed by atoms with E-state index in [2.05, 4.69) is 24.8 Å². The SMILES string of the molecule is C=COC=C.CC1CO1.O. The molecule has 1 unspecified atom stereocenters. The molecule has 0 amide bonds. The molecule has 3 nitrogen and oxygen atoms in total. The van der Waals surface area contributed by atoms with Gasteiger partial charge in [0.25, 0.3) is 0 Å². The molecule has 0 aromatic rings. The lowest BCUT2D eigenvalue weighted by atomic mass is 10.6. The Morgan fingerprint density at radius 1 is 1.50 bits per heavy atom. The minimum atomic E-state index is 0. The third-order valence-corrected chi connectivity index (χ3v) is 0.692. The Labute approximate surface area is 61.3 Å². The summed E-state index contributed by atoms with van der Waals surface area (Å²) >= 11 is 0. The monoisotopic (exact) mass is 146 g/mol. The van der Waals surface area contributed by atoms with Gasteiger partial charge in [0.1, 0.15) is 0 Å². The molecule has 0 saturated carbocycles. The van der Waals surface area contributed by atoms with E-state index in [1.165, 1.54) is 12.5 Å². The van der Waals surface area contributed by atoms with E-state index in [1.807, 2.05) is 0 Å². The number of epoxide rings is 1. The molecule has 1 aliphatic heterocycles. The predicted molar refractivity (Wildman–Crippen MR) is 40.5 cm³/mol. The van der Waals surface area contributed by atoms with Crippen LogP contribution >= 0.6 is 0 Å². The Bertz CT molecular complexity index is 80.9. The Hall–Kier alpha value is -0.800. The summed E-state index contributed by atoms with van der Waals surface area (Å²) in [5.74, 6) is 0. The largest absolute Gasteiger partial charge is 0.474 e. The van der Waals surface area contributed by atoms with Crippen LogP contribution in [0.1, 0.15) is 6.92 Å². The summed E-state index contributed by atoms with van der Waals surface area (Å²) in [5, 5.41) is 0. The fraction of sp³-hybridized carbons (Fsp3) is 0.429. The van der Waals surface area contributed by atoms with Crippen LogP contribution in [-0.2, 0) is 9.47 Å². The highest BCUT2D eigenvalue weighted by Crippen LogP contribution is 2.04. The molecule has 0 aliphatic carbocycles. The second kappa shape index (κ2) is 8.20. The molecule has 1 heterocycles. The number of ether oxygens (including phenoxy) is 2. The first-order valence-electron chi connectivity index (χ1n) is 2.80. The van der Waals surface area contributed by atoms with Gasteiger partial charge in [-0.25, -0.2) is 0 Å². The van der Waals surface area contributed by atoms with Gasteiger partial charge in [-0.2, -0.15) is 0 Å². The standard InChI is InChI=1S/C4H6O.C3H6O.H2O/c1-3-5-4-2;1-3-2-4-3;/h3-4H,1-2H2;3H,2H2,1H3;1H2. The van der Waals surface area contributed by atoms with Crippen LogP contribution in [0.25, 0.3) is 0 Å². The molecular weight excluding hydrogens is 132 g/mol. The van der Waals surface area contributed by atoms with E-state index < -0.39 is 0 Å². The highest BCUT2D eigenvalue weighted by molar-refractivity contribution is 4.58. The van der Waals surface area contributed by atoms with Crippen molar-refractivity contribution >= 4 is 0 Å². The number of hydrogen-bond acceptors (Lipinski definition) is 2. The minimum absolute atomic E-state index is 0. The third kappa shape index (κ3) is 15.7. The molecule has 10 heavy (non-hydrogen) atoms. The number of hydrogen-bond donors (Lipinski definition) is 0. The van der Waals surface area contributed by atoms with Gasteiger partial charge in [-0.1, -0.05) is 13.2 Å². The van der Waals surface area contributed by atoms with Gasteiger partial charge in [0.05, 0.1) is 25.2 Å². The summed E-state index contributed by atoms with van der Waals surface area (Å²) in [6.45, 7) is 9.56. The van der Waals surface area contributed by atoms with E-state index in [-0.39, 0.29) is 5.48 Å². The van der Waals surface area contributed by atoms with Crippen LogP contribution in [-0.4, -0.2) is 18.2 Å². The smallest absolute Gasteiger partial charge is 0.0829 e. The van der Waals surface area contributed by atoms with Gasteiger partial charge in [-0.05, 0) is 6.92 Å². The van der Waals surface area contributed by atoms with Crippen molar-refractivity contribution in [3.05, 3.63) is 25.7 Å². The molecule has 2 N–H and O–H groups in total. The minimum Gasteiger partial charge on any atom is -0.474 e. The lowest BCUT2D eigenvalue weighted by molar-refractivity contribution is 0.406. The van der Waals surface area contributed by atoms with Gasteiger partial charge in [-0.15, -0.1) is 0 Å². The van der Waals surface area contributed by atoms with E-state index in [0.717, 1.165) is 6.61 Å². The first-order valence-corrected chi connectivity index (χ1v) is 2.80. The lowest BCUT2D eigenvalue weighted by Crippen LogP contribution is -1.60. The molecule has 0 bridgehead atoms. The summed E-state index contributed by atoms with van der Waals surface area (Å²) in [6.07, 6.45) is 3.21. The zero-order valence-electron chi connectivity index (χ0n) is 6.17. The summed E-state index contributed by atoms with van der Waals surface area (Å²) in [7, 11) is 0. The van der Waals surface area contributed by atoms with Gasteiger partial charge in [0, 0.05) is 0 Å². The highest BCUT2D eigenvalue weighted by Gasteiger charge is 2.13. The molecule has 1 atom stereocenters. The molecule has 0 spiro atoms. The molecule has 1 rings (SSSR count). The van der Waals surface area contributed by atoms with Crippen LogP contribution in [0.4, 0.5) is 0 Å². The van der Waals surface area contributed by atoms with Crippen molar-refractivity contribution in [1.82, 2.24) is 0 Å². The van der Waals surface area contributed by atoms with E-state index in [0.29, 0.717) is 6.10 Å². The highest BCUT2D eigenvalue weighted by atomic mass is 16.6. The summed E-state index contributed by atoms with van der Waals surface area (Å²) in [5.41, 5.74) is 0. The summed E-state index contributed by atoms with van der Waals surface area (Å²) in [4.78, 5) is 0. The maximum Gasteiger partial charge on any atom is 0.0829 e. The van der Waals surface area contributed by atoms with Crippen molar-refractivity contribution in [1.29, 1.82) is 0 Å². The molecule has 1 aliphatic rings. The first kappa shape index (κ1) is 11.9. The molecule has 60 valence electrons. The van der Waals surface area contributed by atoms with Crippen molar-refractivity contribution in [2.24, 2.45) is 0 Å². The quantitative estimate of drug-likeness (QED) is 0.428. The van der Waals surface area contributed by atoms with Gasteiger partial charge in [0.15, 0.2) is 0 Å². The van der Waals surface area contributed by atoms with Crippen molar-refractivity contribution < 1.29 is 14.9 Å². The Kier molecular flexibility index (Phi) is 9.79. The second-order valence-corrected chi connectivity index (χ2v) is 1.61. The average Bonchev–Trinajstić information content (AvgIpc) is 2.55. The van der Waals surface area contributed by atoms with E-state index >= 15 is 0 Å². The Balaban J connectivity index is 0. The van der Waals surface area contributed by atoms with Crippen LogP contribution in [0.2, 0.25) is 0 Å². The molecule has 1 fully saturated rings. The van der Waals surface area contributed by atoms with E-state index in [4.69, 9.17) is 4.74 Å². The van der Waals surface area contributed by atoms with Gasteiger partial charge in [-0.3, -0.25) is 0 Å². The van der Waals surface area contributed by atoms with Crippen LogP contribution in [0.15, 0.2) is 25.7 Å². The topological polar surface area (TPSA) is 53.3 Å². The summed E-state index contributed by atoms with van der Waals surface area (Å²) < 4.78 is 9.07. The zero-order chi connectivity index (χ0) is 7.11. The molecule has 0 aromatic heterocycles. The zero-order valence-corrected chi connectivity index (χ0v) is 6.17. The molecule has 0 aromatic carbocycles. The fourth-order valence-corrected chi connectivity index (χ4v) is 0.164. The molecule has 1 saturated heterocycles. The van der Waals surface area contributed by atoms with Crippen LogP contribution in [0, 0.1) is 0 Å². The van der Waals surface area contributed by atoms with Crippen molar-refractivity contribution in [2.75, 3.05) is 6.61 Å². The van der Waals surface area contributed by atoms with Crippen LogP contribution in [0.5, 0.6) is 0 Å². The molecular formula is C7H14O3. The fourth-order valence-electron chi connectivity index (χ4n) is 0.164. The number of rotatable bonds is 2. The van der Waals surface area contributed by atoms with Gasteiger partial charge < -0.3 is 14.9 Å². The maximum atomic E-state index is 4.71. The van der Waals surface area contributed by atoms with E-state index in [1.54, 1.807) is 0 Å². The average molecular weight is 146 g/mol. The first-order chi connectivity index (χ1) is 4.31. The normalized spacial score (nSPS) is 18.7. The van der Waals surface area contributed by atoms with Crippen molar-refractivity contribution in [3.8, 4) is 0 Å². The maximum absolute atomic E-state index is 4.71. The molecule has 3 heteroatoms. The van der Waals surface area contributed by atoms with Gasteiger partial charge in [0.2, 0.25) is 0 Å². The predicted octanol–water partition coefficient (Wildman–Crippen LogP) is 0.870. The molecule has 0 radical (unpaired) electrons.